The molecule has 4 N–H and O–H groups in total. The number of methoxy groups -OCH3 is 2. The minimum atomic E-state index is -3.88. The Morgan fingerprint density at radius 2 is 1.65 bits per heavy atom. The maximum atomic E-state index is 14.4. The molecule has 1 aliphatic rings. The number of ether oxygens (including phenoxy) is 3. The highest BCUT2D eigenvalue weighted by atomic mass is 32.2. The molecule has 226 valence electrons. The van der Waals surface area contributed by atoms with E-state index in [0.717, 1.165) is 6.20 Å². The summed E-state index contributed by atoms with van der Waals surface area (Å²) in [4.78, 5) is 20.4. The minimum Gasteiger partial charge on any atom is -0.497 e. The largest absolute Gasteiger partial charge is 0.497 e. The summed E-state index contributed by atoms with van der Waals surface area (Å²) in [7, 11) is -0.790. The molecular formula is C29H30FN5O7S. The SMILES string of the molecule is COc1cc(Nc2ncc(F)c(Nc3ccc4c(c3)NC(=O)C(C)(C)O4)n2)cc(OC)c1.O=S(=O)(O)Cc1ccccc1. The zero-order valence-electron chi connectivity index (χ0n) is 23.7. The summed E-state index contributed by atoms with van der Waals surface area (Å²) >= 11 is 0. The zero-order chi connectivity index (χ0) is 31.2. The molecule has 43 heavy (non-hydrogen) atoms. The lowest BCUT2D eigenvalue weighted by atomic mass is 10.1. The average Bonchev–Trinajstić information content (AvgIpc) is 2.95. The van der Waals surface area contributed by atoms with E-state index in [0.29, 0.717) is 39.9 Å². The third-order valence-electron chi connectivity index (χ3n) is 5.95. The van der Waals surface area contributed by atoms with Gasteiger partial charge < -0.3 is 30.2 Å². The van der Waals surface area contributed by atoms with E-state index in [9.17, 15) is 17.6 Å². The molecule has 2 heterocycles. The molecule has 5 rings (SSSR count). The first-order valence-corrected chi connectivity index (χ1v) is 14.4. The van der Waals surface area contributed by atoms with E-state index in [1.807, 2.05) is 0 Å². The number of nitrogens with one attached hydrogen (secondary N) is 3. The first kappa shape index (κ1) is 31.0. The van der Waals surface area contributed by atoms with Gasteiger partial charge in [-0.15, -0.1) is 0 Å². The second-order valence-electron chi connectivity index (χ2n) is 9.73. The van der Waals surface area contributed by atoms with Crippen LogP contribution in [-0.2, 0) is 20.7 Å². The number of hydrogen-bond donors (Lipinski definition) is 4. The number of halogens is 1. The van der Waals surface area contributed by atoms with Gasteiger partial charge in [-0.05, 0) is 37.6 Å². The van der Waals surface area contributed by atoms with Crippen LogP contribution in [0.3, 0.4) is 0 Å². The number of hydrogen-bond acceptors (Lipinski definition) is 10. The van der Waals surface area contributed by atoms with Crippen molar-refractivity contribution in [2.24, 2.45) is 0 Å². The standard InChI is InChI=1S/C22H22FN5O4.C7H8O3S/c1-22(2)20(29)27-17-9-12(5-6-18(17)32-22)25-19-16(23)11-24-21(28-19)26-13-7-14(30-3)10-15(8-13)31-4;8-11(9,10)6-7-4-2-1-3-5-7/h5-11H,1-4H3,(H,27,29)(H2,24,25,26,28);1-5H,6H2,(H,8,9,10). The highest BCUT2D eigenvalue weighted by Crippen LogP contribution is 2.36. The van der Waals surface area contributed by atoms with E-state index in [1.54, 1.807) is 94.8 Å². The van der Waals surface area contributed by atoms with Crippen molar-refractivity contribution in [3.63, 3.8) is 0 Å². The van der Waals surface area contributed by atoms with Crippen LogP contribution in [0.15, 0.2) is 72.9 Å². The molecule has 14 heteroatoms. The topological polar surface area (TPSA) is 161 Å². The van der Waals surface area contributed by atoms with Gasteiger partial charge in [-0.2, -0.15) is 13.4 Å². The van der Waals surface area contributed by atoms with E-state index >= 15 is 0 Å². The zero-order valence-corrected chi connectivity index (χ0v) is 24.5. The second kappa shape index (κ2) is 12.9. The highest BCUT2D eigenvalue weighted by molar-refractivity contribution is 7.85. The van der Waals surface area contributed by atoms with Crippen LogP contribution in [-0.4, -0.2) is 48.7 Å². The number of anilines is 5. The Bertz CT molecular complexity index is 1700. The molecule has 0 radical (unpaired) electrons. The molecule has 12 nitrogen and oxygen atoms in total. The normalized spacial score (nSPS) is 13.3. The number of rotatable bonds is 8. The quantitative estimate of drug-likeness (QED) is 0.191. The molecule has 1 aliphatic heterocycles. The van der Waals surface area contributed by atoms with Crippen molar-refractivity contribution in [3.8, 4) is 17.2 Å². The molecule has 0 spiro atoms. The molecule has 1 aromatic heterocycles. The van der Waals surface area contributed by atoms with Crippen LogP contribution in [0.1, 0.15) is 19.4 Å². The summed E-state index contributed by atoms with van der Waals surface area (Å²) in [6.45, 7) is 3.36. The van der Waals surface area contributed by atoms with Crippen LogP contribution in [0.4, 0.5) is 33.2 Å². The second-order valence-corrected chi connectivity index (χ2v) is 11.2. The van der Waals surface area contributed by atoms with Crippen molar-refractivity contribution in [1.29, 1.82) is 0 Å². The summed E-state index contributed by atoms with van der Waals surface area (Å²) in [5, 5.41) is 8.70. The molecule has 0 saturated heterocycles. The number of fused-ring (bicyclic) bond motifs is 1. The van der Waals surface area contributed by atoms with Gasteiger partial charge in [0.1, 0.15) is 23.0 Å². The number of carbonyl (C=O) groups excluding carboxylic acids is 1. The summed E-state index contributed by atoms with van der Waals surface area (Å²) in [6.07, 6.45) is 1.06. The van der Waals surface area contributed by atoms with Gasteiger partial charge in [-0.25, -0.2) is 9.37 Å². The van der Waals surface area contributed by atoms with Gasteiger partial charge in [0.15, 0.2) is 17.2 Å². The maximum Gasteiger partial charge on any atom is 0.269 e. The minimum absolute atomic E-state index is 0.0410. The van der Waals surface area contributed by atoms with E-state index in [4.69, 9.17) is 18.8 Å². The Hall–Kier alpha value is -4.95. The molecule has 4 aromatic rings. The molecule has 0 unspecified atom stereocenters. The van der Waals surface area contributed by atoms with Gasteiger partial charge in [0.05, 0.1) is 26.1 Å². The predicted octanol–water partition coefficient (Wildman–Crippen LogP) is 5.30. The van der Waals surface area contributed by atoms with Crippen molar-refractivity contribution in [2.75, 3.05) is 30.2 Å². The number of nitrogens with zero attached hydrogens (tertiary/aromatic N) is 2. The van der Waals surface area contributed by atoms with Crippen molar-refractivity contribution in [2.45, 2.75) is 25.2 Å². The van der Waals surface area contributed by atoms with Crippen molar-refractivity contribution in [1.82, 2.24) is 9.97 Å². The number of carbonyl (C=O) groups is 1. The third kappa shape index (κ3) is 8.53. The van der Waals surface area contributed by atoms with E-state index in [1.165, 1.54) is 0 Å². The number of benzene rings is 3. The molecule has 0 aliphatic carbocycles. The fourth-order valence-electron chi connectivity index (χ4n) is 3.83. The van der Waals surface area contributed by atoms with Gasteiger partial charge in [-0.1, -0.05) is 30.3 Å². The highest BCUT2D eigenvalue weighted by Gasteiger charge is 2.35. The smallest absolute Gasteiger partial charge is 0.269 e. The molecule has 0 fully saturated rings. The molecule has 0 bridgehead atoms. The number of amides is 1. The van der Waals surface area contributed by atoms with E-state index in [2.05, 4.69) is 25.9 Å². The summed E-state index contributed by atoms with van der Waals surface area (Å²) < 4.78 is 59.8. The van der Waals surface area contributed by atoms with E-state index < -0.39 is 21.5 Å². The van der Waals surface area contributed by atoms with Crippen molar-refractivity contribution < 1.29 is 36.4 Å². The monoisotopic (exact) mass is 611 g/mol. The molecule has 3 aromatic carbocycles. The average molecular weight is 612 g/mol. The van der Waals surface area contributed by atoms with Gasteiger partial charge in [0.25, 0.3) is 16.0 Å². The Morgan fingerprint density at radius 3 is 2.28 bits per heavy atom. The Morgan fingerprint density at radius 1 is 0.977 bits per heavy atom. The van der Waals surface area contributed by atoms with Crippen LogP contribution in [0.25, 0.3) is 0 Å². The van der Waals surface area contributed by atoms with E-state index in [-0.39, 0.29) is 23.4 Å². The summed E-state index contributed by atoms with van der Waals surface area (Å²) in [5.41, 5.74) is 1.23. The van der Waals surface area contributed by atoms with Gasteiger partial charge in [-0.3, -0.25) is 9.35 Å². The van der Waals surface area contributed by atoms with Gasteiger partial charge in [0.2, 0.25) is 5.95 Å². The molecule has 1 amide bonds. The Kier molecular flexibility index (Phi) is 9.31. The van der Waals surface area contributed by atoms with Crippen LogP contribution in [0, 0.1) is 5.82 Å². The van der Waals surface area contributed by atoms with Crippen LogP contribution in [0.2, 0.25) is 0 Å². The lowest BCUT2D eigenvalue weighted by Gasteiger charge is -2.31. The maximum absolute atomic E-state index is 14.4. The van der Waals surface area contributed by atoms with Gasteiger partial charge >= 0.3 is 0 Å². The summed E-state index contributed by atoms with van der Waals surface area (Å²) in [5.74, 6) is 0.586. The van der Waals surface area contributed by atoms with Crippen LogP contribution in [0.5, 0.6) is 17.2 Å². The third-order valence-corrected chi connectivity index (χ3v) is 6.64. The molecular weight excluding hydrogens is 581 g/mol. The first-order chi connectivity index (χ1) is 20.3. The Balaban J connectivity index is 0.000000324. The van der Waals surface area contributed by atoms with Gasteiger partial charge in [0, 0.05) is 29.6 Å². The number of aromatic nitrogens is 2. The molecule has 0 saturated carbocycles. The fourth-order valence-corrected chi connectivity index (χ4v) is 4.45. The van der Waals surface area contributed by atoms with Crippen LogP contribution < -0.4 is 30.2 Å². The van der Waals surface area contributed by atoms with Crippen LogP contribution >= 0.6 is 0 Å². The predicted molar refractivity (Wildman–Crippen MR) is 160 cm³/mol. The lowest BCUT2D eigenvalue weighted by molar-refractivity contribution is -0.129. The fraction of sp³-hybridized carbons (Fsp3) is 0.207. The Labute approximate surface area is 248 Å². The first-order valence-electron chi connectivity index (χ1n) is 12.8. The van der Waals surface area contributed by atoms with Crippen molar-refractivity contribution in [3.05, 3.63) is 84.3 Å². The molecule has 0 atom stereocenters. The lowest BCUT2D eigenvalue weighted by Crippen LogP contribution is -2.45. The van der Waals surface area contributed by atoms with Crippen molar-refractivity contribution >= 4 is 44.9 Å². The summed E-state index contributed by atoms with van der Waals surface area (Å²) in [6, 6.07) is 18.8.